The predicted octanol–water partition coefficient (Wildman–Crippen LogP) is 3.19. The molecule has 0 aromatic heterocycles. The van der Waals surface area contributed by atoms with Crippen LogP contribution in [-0.2, 0) is 0 Å². The third kappa shape index (κ3) is 5.20. The Morgan fingerprint density at radius 2 is 1.79 bits per heavy atom. The quantitative estimate of drug-likeness (QED) is 0.714. The lowest BCUT2D eigenvalue weighted by Gasteiger charge is -2.29. The summed E-state index contributed by atoms with van der Waals surface area (Å²) in [6.45, 7) is 2.43. The molecule has 0 aliphatic carbocycles. The summed E-state index contributed by atoms with van der Waals surface area (Å²) in [6.07, 6.45) is -2.32. The molecular weight excluding hydrogens is 259 g/mol. The number of alkyl halides is 4. The summed E-state index contributed by atoms with van der Waals surface area (Å²) in [5.41, 5.74) is 0. The molecule has 1 aliphatic heterocycles. The number of nitrogens with zero attached hydrogens (tertiary/aromatic N) is 1. The monoisotopic (exact) mass is 273 g/mol. The first kappa shape index (κ1) is 12.3. The van der Waals surface area contributed by atoms with Crippen LogP contribution < -0.4 is 0 Å². The maximum atomic E-state index is 11.8. The van der Waals surface area contributed by atoms with Gasteiger partial charge in [-0.05, 0) is 38.9 Å². The van der Waals surface area contributed by atoms with Gasteiger partial charge in [-0.2, -0.15) is 13.2 Å². The molecule has 5 heteroatoms. The number of hydrogen-bond acceptors (Lipinski definition) is 1. The van der Waals surface area contributed by atoms with Crippen LogP contribution in [0.15, 0.2) is 0 Å². The van der Waals surface area contributed by atoms with Crippen LogP contribution in [0, 0.1) is 0 Å². The van der Waals surface area contributed by atoms with Crippen LogP contribution in [0.2, 0.25) is 0 Å². The molecule has 0 unspecified atom stereocenters. The molecule has 14 heavy (non-hydrogen) atoms. The van der Waals surface area contributed by atoms with E-state index >= 15 is 0 Å². The Labute approximate surface area is 90.8 Å². The molecular formula is C9H15BrF3N. The first-order valence-electron chi connectivity index (χ1n) is 4.90. The first-order chi connectivity index (χ1) is 6.47. The van der Waals surface area contributed by atoms with Gasteiger partial charge >= 0.3 is 6.18 Å². The Morgan fingerprint density at radius 1 is 1.21 bits per heavy atom. The highest BCUT2D eigenvalue weighted by atomic mass is 79.9. The van der Waals surface area contributed by atoms with Crippen molar-refractivity contribution in [1.82, 2.24) is 4.90 Å². The van der Waals surface area contributed by atoms with Crippen LogP contribution >= 0.6 is 15.9 Å². The van der Waals surface area contributed by atoms with Gasteiger partial charge in [0.15, 0.2) is 0 Å². The van der Waals surface area contributed by atoms with Crippen molar-refractivity contribution < 1.29 is 13.2 Å². The minimum Gasteiger partial charge on any atom is -0.303 e. The Hall–Kier alpha value is 0.230. The molecule has 1 fully saturated rings. The zero-order chi connectivity index (χ0) is 10.6. The van der Waals surface area contributed by atoms with Crippen LogP contribution in [0.25, 0.3) is 0 Å². The number of piperidine rings is 1. The molecule has 0 amide bonds. The number of rotatable bonds is 3. The Bertz CT molecular complexity index is 164. The van der Waals surface area contributed by atoms with E-state index in [0.29, 0.717) is 11.4 Å². The molecule has 0 aromatic carbocycles. The van der Waals surface area contributed by atoms with E-state index in [9.17, 15) is 13.2 Å². The first-order valence-corrected chi connectivity index (χ1v) is 5.82. The van der Waals surface area contributed by atoms with E-state index in [-0.39, 0.29) is 6.42 Å². The Balaban J connectivity index is 2.08. The van der Waals surface area contributed by atoms with Gasteiger partial charge < -0.3 is 4.90 Å². The van der Waals surface area contributed by atoms with Gasteiger partial charge in [-0.25, -0.2) is 0 Å². The molecule has 84 valence electrons. The van der Waals surface area contributed by atoms with Gasteiger partial charge in [-0.3, -0.25) is 0 Å². The molecule has 1 rings (SSSR count). The third-order valence-corrected chi connectivity index (χ3v) is 3.37. The fourth-order valence-electron chi connectivity index (χ4n) is 1.63. The van der Waals surface area contributed by atoms with Gasteiger partial charge in [0.25, 0.3) is 0 Å². The highest BCUT2D eigenvalue weighted by molar-refractivity contribution is 9.09. The summed E-state index contributed by atoms with van der Waals surface area (Å²) >= 11 is 3.51. The Kier molecular flexibility index (Phi) is 4.70. The van der Waals surface area contributed by atoms with E-state index in [2.05, 4.69) is 20.8 Å². The second-order valence-corrected chi connectivity index (χ2v) is 5.03. The van der Waals surface area contributed by atoms with Crippen molar-refractivity contribution in [2.24, 2.45) is 0 Å². The van der Waals surface area contributed by atoms with Crippen LogP contribution in [-0.4, -0.2) is 35.5 Å². The summed E-state index contributed by atoms with van der Waals surface area (Å²) in [4.78, 5) is 2.67. The maximum Gasteiger partial charge on any atom is 0.389 e. The van der Waals surface area contributed by atoms with Crippen molar-refractivity contribution >= 4 is 15.9 Å². The normalized spacial score (nSPS) is 21.4. The molecule has 0 aromatic rings. The van der Waals surface area contributed by atoms with E-state index < -0.39 is 12.6 Å². The molecule has 1 nitrogen and oxygen atoms in total. The van der Waals surface area contributed by atoms with Gasteiger partial charge in [0.05, 0.1) is 0 Å². The number of likely N-dealkylation sites (tertiary alicyclic amines) is 1. The van der Waals surface area contributed by atoms with Crippen molar-refractivity contribution in [3.63, 3.8) is 0 Å². The lowest BCUT2D eigenvalue weighted by Crippen LogP contribution is -2.34. The van der Waals surface area contributed by atoms with Crippen molar-refractivity contribution in [3.05, 3.63) is 0 Å². The standard InChI is InChI=1S/C9H15BrF3N/c10-8-2-6-14(7-3-8)5-1-4-9(11,12)13/h8H,1-7H2. The summed E-state index contributed by atoms with van der Waals surface area (Å²) < 4.78 is 35.5. The zero-order valence-electron chi connectivity index (χ0n) is 7.99. The average molecular weight is 274 g/mol. The third-order valence-electron chi connectivity index (χ3n) is 2.45. The van der Waals surface area contributed by atoms with Crippen LogP contribution in [0.1, 0.15) is 25.7 Å². The summed E-state index contributed by atoms with van der Waals surface area (Å²) in [5, 5.41) is 0. The molecule has 1 saturated heterocycles. The van der Waals surface area contributed by atoms with Crippen molar-refractivity contribution in [2.75, 3.05) is 19.6 Å². The number of hydrogen-bond donors (Lipinski definition) is 0. The topological polar surface area (TPSA) is 3.24 Å². The highest BCUT2D eigenvalue weighted by Gasteiger charge is 2.26. The molecule has 0 saturated carbocycles. The van der Waals surface area contributed by atoms with Gasteiger partial charge in [-0.15, -0.1) is 0 Å². The summed E-state index contributed by atoms with van der Waals surface area (Å²) in [6, 6.07) is 0. The maximum absolute atomic E-state index is 11.8. The largest absolute Gasteiger partial charge is 0.389 e. The van der Waals surface area contributed by atoms with E-state index in [0.717, 1.165) is 25.9 Å². The molecule has 1 heterocycles. The van der Waals surface area contributed by atoms with Crippen molar-refractivity contribution in [3.8, 4) is 0 Å². The predicted molar refractivity (Wildman–Crippen MR) is 53.7 cm³/mol. The zero-order valence-corrected chi connectivity index (χ0v) is 9.57. The minimum absolute atomic E-state index is 0.233. The molecule has 1 aliphatic rings. The Morgan fingerprint density at radius 3 is 2.29 bits per heavy atom. The van der Waals surface area contributed by atoms with Gasteiger partial charge in [-0.1, -0.05) is 15.9 Å². The van der Waals surface area contributed by atoms with Gasteiger partial charge in [0.1, 0.15) is 0 Å². The SMILES string of the molecule is FC(F)(F)CCCN1CCC(Br)CC1. The molecule has 0 radical (unpaired) electrons. The smallest absolute Gasteiger partial charge is 0.303 e. The molecule has 0 bridgehead atoms. The van der Waals surface area contributed by atoms with E-state index in [4.69, 9.17) is 0 Å². The van der Waals surface area contributed by atoms with Crippen LogP contribution in [0.4, 0.5) is 13.2 Å². The van der Waals surface area contributed by atoms with E-state index in [1.165, 1.54) is 0 Å². The molecule has 0 atom stereocenters. The fraction of sp³-hybridized carbons (Fsp3) is 1.00. The van der Waals surface area contributed by atoms with E-state index in [1.54, 1.807) is 0 Å². The van der Waals surface area contributed by atoms with Crippen molar-refractivity contribution in [1.29, 1.82) is 0 Å². The second-order valence-electron chi connectivity index (χ2n) is 3.74. The van der Waals surface area contributed by atoms with Crippen molar-refractivity contribution in [2.45, 2.75) is 36.7 Å². The minimum atomic E-state index is -3.99. The lowest BCUT2D eigenvalue weighted by atomic mass is 10.1. The summed E-state index contributed by atoms with van der Waals surface area (Å²) in [7, 11) is 0. The van der Waals surface area contributed by atoms with Gasteiger partial charge in [0.2, 0.25) is 0 Å². The average Bonchev–Trinajstić information content (AvgIpc) is 2.06. The van der Waals surface area contributed by atoms with Crippen LogP contribution in [0.3, 0.4) is 0 Å². The highest BCUT2D eigenvalue weighted by Crippen LogP contribution is 2.22. The van der Waals surface area contributed by atoms with Gasteiger partial charge in [0, 0.05) is 11.2 Å². The lowest BCUT2D eigenvalue weighted by molar-refractivity contribution is -0.136. The molecule has 0 N–H and O–H groups in total. The van der Waals surface area contributed by atoms with Crippen LogP contribution in [0.5, 0.6) is 0 Å². The fourth-order valence-corrected chi connectivity index (χ4v) is 2.04. The van der Waals surface area contributed by atoms with E-state index in [1.807, 2.05) is 0 Å². The number of halogens is 4. The molecule has 0 spiro atoms. The summed E-state index contributed by atoms with van der Waals surface area (Å²) in [5.74, 6) is 0. The second kappa shape index (κ2) is 5.35.